The fraction of sp³-hybridized carbons (Fsp3) is 0.717. The van der Waals surface area contributed by atoms with Gasteiger partial charge in [0.1, 0.15) is 17.6 Å². The number of halogens is 3. The van der Waals surface area contributed by atoms with Gasteiger partial charge in [-0.2, -0.15) is 13.2 Å². The molecule has 0 unspecified atom stereocenters. The van der Waals surface area contributed by atoms with Crippen molar-refractivity contribution in [2.75, 3.05) is 41.4 Å². The number of nitrogens with one attached hydrogen (secondary N) is 2. The second kappa shape index (κ2) is 27.7. The predicted molar refractivity (Wildman–Crippen MR) is 241 cm³/mol. The lowest BCUT2D eigenvalue weighted by molar-refractivity contribution is -0.192. The van der Waals surface area contributed by atoms with Gasteiger partial charge in [-0.1, -0.05) is 77.8 Å². The van der Waals surface area contributed by atoms with Crippen LogP contribution in [0.1, 0.15) is 105 Å². The lowest BCUT2D eigenvalue weighted by Crippen LogP contribution is -2.62. The number of rotatable bonds is 25. The van der Waals surface area contributed by atoms with Gasteiger partial charge in [0, 0.05) is 47.7 Å². The van der Waals surface area contributed by atoms with Gasteiger partial charge in [0.15, 0.2) is 0 Å². The minimum Gasteiger partial charge on any atom is -0.480 e. The Hall–Kier alpha value is -4.82. The van der Waals surface area contributed by atoms with Crippen molar-refractivity contribution in [2.45, 2.75) is 154 Å². The summed E-state index contributed by atoms with van der Waals surface area (Å²) in [4.78, 5) is 94.7. The summed E-state index contributed by atoms with van der Waals surface area (Å²) in [5.74, 6) is -6.78. The topological polar surface area (TPSA) is 238 Å². The zero-order chi connectivity index (χ0) is 50.7. The molecule has 376 valence electrons. The van der Waals surface area contributed by atoms with Crippen molar-refractivity contribution in [1.82, 2.24) is 25.3 Å². The largest absolute Gasteiger partial charge is 0.490 e. The monoisotopic (exact) mass is 945 g/mol. The highest BCUT2D eigenvalue weighted by atomic mass is 19.4. The van der Waals surface area contributed by atoms with E-state index in [1.807, 2.05) is 45.9 Å². The van der Waals surface area contributed by atoms with Crippen LogP contribution in [0, 0.1) is 17.8 Å². The average Bonchev–Trinajstić information content (AvgIpc) is 3.75. The first kappa shape index (κ1) is 59.2. The van der Waals surface area contributed by atoms with Crippen LogP contribution in [-0.4, -0.2) is 156 Å². The van der Waals surface area contributed by atoms with Crippen LogP contribution in [0.4, 0.5) is 13.2 Å². The summed E-state index contributed by atoms with van der Waals surface area (Å²) in [7, 11) is 6.26. The minimum absolute atomic E-state index is 0.0568. The Balaban J connectivity index is 0.00000286. The normalized spacial score (nSPS) is 17.2. The van der Waals surface area contributed by atoms with E-state index >= 15 is 0 Å². The Morgan fingerprint density at radius 1 is 0.924 bits per heavy atom. The second-order valence-corrected chi connectivity index (χ2v) is 17.8. The van der Waals surface area contributed by atoms with Crippen molar-refractivity contribution in [3.8, 4) is 0 Å². The molecule has 5 amide bonds. The standard InChI is InChI=1S/C44H74N6O9.C2HF3O2/c1-12-29(4)38(48(8)41(54)37(28(2)3)47-43(57)44(6,7)49(9)35(51)23-17-14-18-24-45)34(58-10)27-36(52)50-25-19-22-33(50)39(59-11)30(5)40(53)46-32(42(55)56)26-31-20-15-13-16-21-31;3-2(4,5)1(6)7/h13,15-16,20-21,28-30,32-34,37-39H,12,14,17-19,22-27,45H2,1-11H3,(H,46,53)(H,47,57)(H,55,56);(H,6,7)/t29-,30+,32-,33-,34+,37-,38-,39+;/m0./s1. The summed E-state index contributed by atoms with van der Waals surface area (Å²) in [6.45, 7) is 13.7. The second-order valence-electron chi connectivity index (χ2n) is 17.8. The molecular formula is C46H75F3N6O11. The molecule has 1 saturated heterocycles. The van der Waals surface area contributed by atoms with E-state index in [0.717, 1.165) is 18.4 Å². The Labute approximate surface area is 387 Å². The van der Waals surface area contributed by atoms with Crippen LogP contribution >= 0.6 is 0 Å². The van der Waals surface area contributed by atoms with Crippen molar-refractivity contribution >= 4 is 41.5 Å². The molecule has 8 atom stereocenters. The van der Waals surface area contributed by atoms with Gasteiger partial charge in [-0.25, -0.2) is 9.59 Å². The van der Waals surface area contributed by atoms with Crippen LogP contribution in [-0.2, 0) is 49.5 Å². The minimum atomic E-state index is -5.08. The highest BCUT2D eigenvalue weighted by molar-refractivity contribution is 5.94. The van der Waals surface area contributed by atoms with E-state index in [9.17, 15) is 47.0 Å². The first-order valence-corrected chi connectivity index (χ1v) is 22.5. The van der Waals surface area contributed by atoms with Crippen molar-refractivity contribution < 1.29 is 66.4 Å². The number of carboxylic acids is 2. The molecule has 0 saturated carbocycles. The Morgan fingerprint density at radius 3 is 2.00 bits per heavy atom. The van der Waals surface area contributed by atoms with Crippen molar-refractivity contribution in [3.05, 3.63) is 35.9 Å². The SMILES string of the molecule is CC[C@H](C)[C@@H]([C@@H](CC(=O)N1CCC[C@H]1[C@H](OC)[C@@H](C)C(=O)N[C@@H](Cc1ccccc1)C(=O)O)OC)N(C)C(=O)[C@@H](NC(=O)C(C)(C)N(C)C(=O)CCCCCN)C(C)C.O=C(O)C(F)(F)F. The molecule has 1 aromatic carbocycles. The van der Waals surface area contributed by atoms with Gasteiger partial charge in [-0.15, -0.1) is 0 Å². The molecule has 1 heterocycles. The van der Waals surface area contributed by atoms with Crippen LogP contribution in [0.3, 0.4) is 0 Å². The molecule has 0 aromatic heterocycles. The van der Waals surface area contributed by atoms with E-state index in [-0.39, 0.29) is 48.8 Å². The number of likely N-dealkylation sites (N-methyl/N-ethyl adjacent to an activating group) is 2. The summed E-state index contributed by atoms with van der Waals surface area (Å²) in [6.07, 6.45) is -1.92. The quantitative estimate of drug-likeness (QED) is 0.0866. The Morgan fingerprint density at radius 2 is 1.52 bits per heavy atom. The third-order valence-electron chi connectivity index (χ3n) is 12.5. The molecule has 2 rings (SSSR count). The molecule has 17 nitrogen and oxygen atoms in total. The zero-order valence-corrected chi connectivity index (χ0v) is 40.5. The molecule has 66 heavy (non-hydrogen) atoms. The Kier molecular flexibility index (Phi) is 24.9. The first-order chi connectivity index (χ1) is 30.7. The Bertz CT molecular complexity index is 1730. The third kappa shape index (κ3) is 17.4. The van der Waals surface area contributed by atoms with Crippen LogP contribution in [0.5, 0.6) is 0 Å². The smallest absolute Gasteiger partial charge is 0.480 e. The summed E-state index contributed by atoms with van der Waals surface area (Å²) in [5, 5.41) is 22.6. The lowest BCUT2D eigenvalue weighted by Gasteiger charge is -2.41. The van der Waals surface area contributed by atoms with Crippen molar-refractivity contribution in [1.29, 1.82) is 0 Å². The van der Waals surface area contributed by atoms with Gasteiger partial charge < -0.3 is 50.8 Å². The van der Waals surface area contributed by atoms with Gasteiger partial charge in [0.05, 0.1) is 36.6 Å². The first-order valence-electron chi connectivity index (χ1n) is 22.5. The number of ether oxygens (including phenoxy) is 2. The van der Waals surface area contributed by atoms with E-state index < -0.39 is 77.8 Å². The number of carbonyl (C=O) groups is 7. The van der Waals surface area contributed by atoms with E-state index in [0.29, 0.717) is 38.8 Å². The number of carbonyl (C=O) groups excluding carboxylic acids is 5. The van der Waals surface area contributed by atoms with Gasteiger partial charge in [-0.05, 0) is 63.5 Å². The molecule has 0 radical (unpaired) electrons. The summed E-state index contributed by atoms with van der Waals surface area (Å²) < 4.78 is 43.6. The van der Waals surface area contributed by atoms with E-state index in [1.54, 1.807) is 56.8 Å². The number of alkyl halides is 3. The summed E-state index contributed by atoms with van der Waals surface area (Å²) in [5.41, 5.74) is 5.12. The number of amides is 5. The molecule has 0 aliphatic carbocycles. The fourth-order valence-corrected chi connectivity index (χ4v) is 7.94. The van der Waals surface area contributed by atoms with Gasteiger partial charge in [0.2, 0.25) is 29.5 Å². The maximum atomic E-state index is 14.4. The number of hydrogen-bond acceptors (Lipinski definition) is 10. The van der Waals surface area contributed by atoms with E-state index in [1.165, 1.54) is 19.1 Å². The number of likely N-dealkylation sites (tertiary alicyclic amines) is 1. The number of carboxylic acid groups (broad SMARTS) is 2. The van der Waals surface area contributed by atoms with Gasteiger partial charge >= 0.3 is 18.1 Å². The maximum absolute atomic E-state index is 14.4. The van der Waals surface area contributed by atoms with Gasteiger partial charge in [-0.3, -0.25) is 24.0 Å². The lowest BCUT2D eigenvalue weighted by atomic mass is 9.89. The molecule has 6 N–H and O–H groups in total. The fourth-order valence-electron chi connectivity index (χ4n) is 7.94. The number of nitrogens with two attached hydrogens (primary N) is 1. The molecular weight excluding hydrogens is 870 g/mol. The maximum Gasteiger partial charge on any atom is 0.490 e. The molecule has 1 aromatic rings. The zero-order valence-electron chi connectivity index (χ0n) is 40.5. The number of unbranched alkanes of at least 4 members (excludes halogenated alkanes) is 2. The van der Waals surface area contributed by atoms with Crippen molar-refractivity contribution in [3.63, 3.8) is 0 Å². The summed E-state index contributed by atoms with van der Waals surface area (Å²) >= 11 is 0. The number of hydrogen-bond donors (Lipinski definition) is 5. The van der Waals surface area contributed by atoms with Crippen LogP contribution in [0.2, 0.25) is 0 Å². The number of methoxy groups -OCH3 is 2. The number of aliphatic carboxylic acids is 2. The highest BCUT2D eigenvalue weighted by Crippen LogP contribution is 2.30. The molecule has 1 aliphatic heterocycles. The number of benzene rings is 1. The number of nitrogens with zero attached hydrogens (tertiary/aromatic N) is 3. The van der Waals surface area contributed by atoms with Crippen LogP contribution in [0.25, 0.3) is 0 Å². The predicted octanol–water partition coefficient (Wildman–Crippen LogP) is 4.25. The summed E-state index contributed by atoms with van der Waals surface area (Å²) in [6, 6.07) is 5.99. The van der Waals surface area contributed by atoms with E-state index in [4.69, 9.17) is 25.1 Å². The molecule has 20 heteroatoms. The molecule has 0 bridgehead atoms. The van der Waals surface area contributed by atoms with E-state index in [2.05, 4.69) is 10.6 Å². The van der Waals surface area contributed by atoms with Crippen LogP contribution < -0.4 is 16.4 Å². The highest BCUT2D eigenvalue weighted by Gasteiger charge is 2.44. The van der Waals surface area contributed by atoms with Crippen LogP contribution in [0.15, 0.2) is 30.3 Å². The molecule has 0 spiro atoms. The van der Waals surface area contributed by atoms with Gasteiger partial charge in [0.25, 0.3) is 0 Å². The molecule has 1 fully saturated rings. The average molecular weight is 945 g/mol. The van der Waals surface area contributed by atoms with Crippen molar-refractivity contribution in [2.24, 2.45) is 23.5 Å². The third-order valence-corrected chi connectivity index (χ3v) is 12.5. The molecule has 1 aliphatic rings.